The molecule has 122 valence electrons. The number of nitrogens with zero attached hydrogens (tertiary/aromatic N) is 1. The second-order valence-electron chi connectivity index (χ2n) is 6.01. The standard InChI is InChI=1S/C14H20N2O4S2/c1-22(18,19)16-7-11-8-20-10-14(11,9-16)13(17)15-5-4-12-3-2-6-21-12/h2-3,6,11H,4-5,7-10H2,1H3,(H,15,17)/t11-,14-/m1/s1. The van der Waals surface area contributed by atoms with Crippen molar-refractivity contribution in [3.05, 3.63) is 22.4 Å². The topological polar surface area (TPSA) is 75.7 Å². The number of nitrogens with one attached hydrogen (secondary N) is 1. The van der Waals surface area contributed by atoms with Gasteiger partial charge in [0, 0.05) is 30.4 Å². The Morgan fingerprint density at radius 2 is 2.41 bits per heavy atom. The molecule has 22 heavy (non-hydrogen) atoms. The lowest BCUT2D eigenvalue weighted by Gasteiger charge is -2.25. The molecule has 1 aromatic rings. The van der Waals surface area contributed by atoms with Gasteiger partial charge in [0.1, 0.15) is 0 Å². The predicted octanol–water partition coefficient (Wildman–Crippen LogP) is 0.315. The predicted molar refractivity (Wildman–Crippen MR) is 84.2 cm³/mol. The van der Waals surface area contributed by atoms with Crippen LogP contribution in [0.2, 0.25) is 0 Å². The zero-order valence-corrected chi connectivity index (χ0v) is 14.1. The molecule has 3 rings (SSSR count). The lowest BCUT2D eigenvalue weighted by atomic mass is 9.80. The summed E-state index contributed by atoms with van der Waals surface area (Å²) in [6.07, 6.45) is 1.98. The molecular formula is C14H20N2O4S2. The van der Waals surface area contributed by atoms with E-state index in [-0.39, 0.29) is 18.4 Å². The Morgan fingerprint density at radius 1 is 1.59 bits per heavy atom. The van der Waals surface area contributed by atoms with E-state index in [2.05, 4.69) is 5.32 Å². The molecule has 1 aromatic heterocycles. The average Bonchev–Trinajstić information content (AvgIpc) is 3.12. The summed E-state index contributed by atoms with van der Waals surface area (Å²) in [5, 5.41) is 4.97. The van der Waals surface area contributed by atoms with E-state index in [4.69, 9.17) is 4.74 Å². The fourth-order valence-corrected chi connectivity index (χ4v) is 4.82. The van der Waals surface area contributed by atoms with Crippen LogP contribution in [0.4, 0.5) is 0 Å². The van der Waals surface area contributed by atoms with Gasteiger partial charge in [-0.1, -0.05) is 6.07 Å². The molecule has 2 aliphatic rings. The monoisotopic (exact) mass is 344 g/mol. The van der Waals surface area contributed by atoms with Gasteiger partial charge in [0.2, 0.25) is 15.9 Å². The van der Waals surface area contributed by atoms with E-state index < -0.39 is 15.4 Å². The van der Waals surface area contributed by atoms with Crippen LogP contribution in [0.3, 0.4) is 0 Å². The first-order valence-electron chi connectivity index (χ1n) is 7.25. The first kappa shape index (κ1) is 15.9. The SMILES string of the molecule is CS(=O)(=O)N1C[C@@H]2COC[C@]2(C(=O)NCCc2cccs2)C1. The van der Waals surface area contributed by atoms with E-state index >= 15 is 0 Å². The second-order valence-corrected chi connectivity index (χ2v) is 9.02. The van der Waals surface area contributed by atoms with E-state index in [0.29, 0.717) is 26.3 Å². The van der Waals surface area contributed by atoms with Gasteiger partial charge in [-0.15, -0.1) is 11.3 Å². The highest BCUT2D eigenvalue weighted by Crippen LogP contribution is 2.42. The first-order valence-corrected chi connectivity index (χ1v) is 9.98. The van der Waals surface area contributed by atoms with Gasteiger partial charge in [0.25, 0.3) is 0 Å². The highest BCUT2D eigenvalue weighted by molar-refractivity contribution is 7.88. The summed E-state index contributed by atoms with van der Waals surface area (Å²) in [4.78, 5) is 13.9. The summed E-state index contributed by atoms with van der Waals surface area (Å²) in [5.41, 5.74) is -0.724. The largest absolute Gasteiger partial charge is 0.380 e. The molecule has 2 saturated heterocycles. The van der Waals surface area contributed by atoms with Crippen LogP contribution in [-0.4, -0.2) is 57.7 Å². The zero-order chi connectivity index (χ0) is 15.8. The highest BCUT2D eigenvalue weighted by atomic mass is 32.2. The van der Waals surface area contributed by atoms with Crippen molar-refractivity contribution < 1.29 is 17.9 Å². The number of carbonyl (C=O) groups excluding carboxylic acids is 1. The molecule has 8 heteroatoms. The van der Waals surface area contributed by atoms with Crippen molar-refractivity contribution in [3.8, 4) is 0 Å². The first-order chi connectivity index (χ1) is 10.4. The number of fused-ring (bicyclic) bond motifs is 1. The maximum atomic E-state index is 12.6. The van der Waals surface area contributed by atoms with Crippen LogP contribution >= 0.6 is 11.3 Å². The van der Waals surface area contributed by atoms with Crippen molar-refractivity contribution in [1.82, 2.24) is 9.62 Å². The number of hydrogen-bond donors (Lipinski definition) is 1. The van der Waals surface area contributed by atoms with E-state index in [0.717, 1.165) is 6.42 Å². The molecule has 0 unspecified atom stereocenters. The van der Waals surface area contributed by atoms with Gasteiger partial charge in [-0.05, 0) is 17.9 Å². The Labute approximate surface area is 134 Å². The molecule has 1 amide bonds. The number of sulfonamides is 1. The third-order valence-corrected chi connectivity index (χ3v) is 6.65. The van der Waals surface area contributed by atoms with Gasteiger partial charge in [-0.2, -0.15) is 0 Å². The summed E-state index contributed by atoms with van der Waals surface area (Å²) in [7, 11) is -3.27. The number of rotatable bonds is 5. The minimum absolute atomic E-state index is 0.0519. The molecule has 0 saturated carbocycles. The molecule has 1 N–H and O–H groups in total. The Kier molecular flexibility index (Phi) is 4.28. The Bertz CT molecular complexity index is 644. The number of carbonyl (C=O) groups is 1. The summed E-state index contributed by atoms with van der Waals surface area (Å²) in [5.74, 6) is -0.137. The molecule has 0 aromatic carbocycles. The van der Waals surface area contributed by atoms with Crippen molar-refractivity contribution in [3.63, 3.8) is 0 Å². The van der Waals surface area contributed by atoms with E-state index in [1.165, 1.54) is 15.4 Å². The maximum absolute atomic E-state index is 12.6. The number of hydrogen-bond acceptors (Lipinski definition) is 5. The molecule has 0 spiro atoms. The lowest BCUT2D eigenvalue weighted by molar-refractivity contribution is -0.131. The van der Waals surface area contributed by atoms with Crippen molar-refractivity contribution in [1.29, 1.82) is 0 Å². The number of ether oxygens (including phenoxy) is 1. The van der Waals surface area contributed by atoms with Crippen LogP contribution in [0, 0.1) is 11.3 Å². The van der Waals surface area contributed by atoms with Gasteiger partial charge in [-0.3, -0.25) is 4.79 Å². The summed E-state index contributed by atoms with van der Waals surface area (Å²) in [6.45, 7) is 1.91. The van der Waals surface area contributed by atoms with E-state index in [1.807, 2.05) is 17.5 Å². The minimum Gasteiger partial charge on any atom is -0.380 e. The fourth-order valence-electron chi connectivity index (χ4n) is 3.19. The third kappa shape index (κ3) is 2.92. The quantitative estimate of drug-likeness (QED) is 0.834. The van der Waals surface area contributed by atoms with E-state index in [1.54, 1.807) is 11.3 Å². The molecule has 6 nitrogen and oxygen atoms in total. The molecule has 0 bridgehead atoms. The fraction of sp³-hybridized carbons (Fsp3) is 0.643. The molecule has 0 aliphatic carbocycles. The van der Waals surface area contributed by atoms with Crippen LogP contribution in [0.25, 0.3) is 0 Å². The highest BCUT2D eigenvalue weighted by Gasteiger charge is 2.57. The zero-order valence-electron chi connectivity index (χ0n) is 12.4. The summed E-state index contributed by atoms with van der Waals surface area (Å²) >= 11 is 1.66. The molecule has 2 atom stereocenters. The molecule has 0 radical (unpaired) electrons. The van der Waals surface area contributed by atoms with Crippen molar-refractivity contribution in [2.45, 2.75) is 6.42 Å². The summed E-state index contributed by atoms with van der Waals surface area (Å²) in [6, 6.07) is 4.03. The molecule has 3 heterocycles. The smallest absolute Gasteiger partial charge is 0.230 e. The lowest BCUT2D eigenvalue weighted by Crippen LogP contribution is -2.47. The van der Waals surface area contributed by atoms with Gasteiger partial charge in [0.05, 0.1) is 24.9 Å². The Balaban J connectivity index is 1.64. The number of thiophene rings is 1. The van der Waals surface area contributed by atoms with Crippen molar-refractivity contribution in [2.24, 2.45) is 11.3 Å². The van der Waals surface area contributed by atoms with Crippen LogP contribution in [0.1, 0.15) is 4.88 Å². The van der Waals surface area contributed by atoms with Gasteiger partial charge < -0.3 is 10.1 Å². The minimum atomic E-state index is -3.27. The average molecular weight is 344 g/mol. The Hall–Kier alpha value is -0.960. The van der Waals surface area contributed by atoms with Gasteiger partial charge in [-0.25, -0.2) is 12.7 Å². The molecule has 2 aliphatic heterocycles. The van der Waals surface area contributed by atoms with Crippen LogP contribution in [0.15, 0.2) is 17.5 Å². The Morgan fingerprint density at radius 3 is 3.09 bits per heavy atom. The normalized spacial score (nSPS) is 28.7. The molecular weight excluding hydrogens is 324 g/mol. The van der Waals surface area contributed by atoms with E-state index in [9.17, 15) is 13.2 Å². The van der Waals surface area contributed by atoms with Crippen LogP contribution in [-0.2, 0) is 26.0 Å². The maximum Gasteiger partial charge on any atom is 0.230 e. The van der Waals surface area contributed by atoms with Crippen LogP contribution < -0.4 is 5.32 Å². The summed E-state index contributed by atoms with van der Waals surface area (Å²) < 4.78 is 30.4. The van der Waals surface area contributed by atoms with Gasteiger partial charge >= 0.3 is 0 Å². The molecule has 2 fully saturated rings. The van der Waals surface area contributed by atoms with Gasteiger partial charge in [0.15, 0.2) is 0 Å². The number of amides is 1. The van der Waals surface area contributed by atoms with Crippen molar-refractivity contribution in [2.75, 3.05) is 39.1 Å². The third-order valence-electron chi connectivity index (χ3n) is 4.50. The van der Waals surface area contributed by atoms with Crippen molar-refractivity contribution >= 4 is 27.3 Å². The van der Waals surface area contributed by atoms with Crippen LogP contribution in [0.5, 0.6) is 0 Å². The second kappa shape index (κ2) is 5.92.